The van der Waals surface area contributed by atoms with Crippen molar-refractivity contribution >= 4 is 17.4 Å². The molecule has 0 bridgehead atoms. The molecule has 0 aliphatic carbocycles. The zero-order valence-electron chi connectivity index (χ0n) is 11.3. The van der Waals surface area contributed by atoms with Crippen molar-refractivity contribution in [2.24, 2.45) is 5.92 Å². The summed E-state index contributed by atoms with van der Waals surface area (Å²) in [5.74, 6) is 1.64. The van der Waals surface area contributed by atoms with Crippen molar-refractivity contribution < 1.29 is 0 Å². The first-order valence-corrected chi connectivity index (χ1v) is 6.96. The number of nitrogens with zero attached hydrogens (tertiary/aromatic N) is 2. The van der Waals surface area contributed by atoms with Crippen LogP contribution in [-0.4, -0.2) is 22.0 Å². The van der Waals surface area contributed by atoms with Gasteiger partial charge in [0, 0.05) is 30.9 Å². The highest BCUT2D eigenvalue weighted by Gasteiger charge is 2.06. The minimum atomic E-state index is -0.0575. The molecule has 1 N–H and O–H groups in total. The van der Waals surface area contributed by atoms with Gasteiger partial charge in [0.05, 0.1) is 0 Å². The lowest BCUT2D eigenvalue weighted by atomic mass is 10.1. The molecule has 0 fully saturated rings. The first-order valence-electron chi connectivity index (χ1n) is 6.43. The lowest BCUT2D eigenvalue weighted by Crippen LogP contribution is -2.26. The SMILES string of the molecule is CC(CCl)CCCNc1nccn(C(C)C)c1=O. The van der Waals surface area contributed by atoms with Crippen LogP contribution in [0.4, 0.5) is 5.82 Å². The molecule has 1 rings (SSSR count). The zero-order chi connectivity index (χ0) is 13.5. The molecule has 1 heterocycles. The summed E-state index contributed by atoms with van der Waals surface area (Å²) in [6.45, 7) is 6.84. The smallest absolute Gasteiger partial charge is 0.293 e. The van der Waals surface area contributed by atoms with E-state index in [1.54, 1.807) is 17.0 Å². The van der Waals surface area contributed by atoms with Gasteiger partial charge in [-0.3, -0.25) is 4.79 Å². The summed E-state index contributed by atoms with van der Waals surface area (Å²) in [5, 5.41) is 3.10. The van der Waals surface area contributed by atoms with Crippen molar-refractivity contribution in [3.63, 3.8) is 0 Å². The van der Waals surface area contributed by atoms with E-state index in [-0.39, 0.29) is 11.6 Å². The Balaban J connectivity index is 2.53. The van der Waals surface area contributed by atoms with Gasteiger partial charge in [0.1, 0.15) is 0 Å². The van der Waals surface area contributed by atoms with Crippen LogP contribution < -0.4 is 10.9 Å². The Bertz CT molecular complexity index is 417. The standard InChI is InChI=1S/C13H22ClN3O/c1-10(2)17-8-7-16-12(13(17)18)15-6-4-5-11(3)9-14/h7-8,10-11H,4-6,9H2,1-3H3,(H,15,16). The summed E-state index contributed by atoms with van der Waals surface area (Å²) in [6, 6.07) is 0.150. The second-order valence-electron chi connectivity index (χ2n) is 4.91. The highest BCUT2D eigenvalue weighted by Crippen LogP contribution is 2.07. The van der Waals surface area contributed by atoms with Crippen LogP contribution in [0.15, 0.2) is 17.2 Å². The monoisotopic (exact) mass is 271 g/mol. The van der Waals surface area contributed by atoms with Crippen LogP contribution in [0.3, 0.4) is 0 Å². The molecule has 1 aromatic heterocycles. The van der Waals surface area contributed by atoms with Gasteiger partial charge in [0.25, 0.3) is 5.56 Å². The number of rotatable bonds is 7. The summed E-state index contributed by atoms with van der Waals surface area (Å²) >= 11 is 5.74. The topological polar surface area (TPSA) is 46.9 Å². The van der Waals surface area contributed by atoms with Crippen molar-refractivity contribution in [1.29, 1.82) is 0 Å². The van der Waals surface area contributed by atoms with Crippen molar-refractivity contribution in [2.45, 2.75) is 39.7 Å². The predicted octanol–water partition coefficient (Wildman–Crippen LogP) is 2.89. The highest BCUT2D eigenvalue weighted by molar-refractivity contribution is 6.18. The predicted molar refractivity (Wildman–Crippen MR) is 76.5 cm³/mol. The van der Waals surface area contributed by atoms with Crippen molar-refractivity contribution in [2.75, 3.05) is 17.7 Å². The Morgan fingerprint density at radius 3 is 2.78 bits per heavy atom. The van der Waals surface area contributed by atoms with Gasteiger partial charge in [-0.05, 0) is 32.6 Å². The van der Waals surface area contributed by atoms with Gasteiger partial charge in [0.2, 0.25) is 0 Å². The van der Waals surface area contributed by atoms with Crippen LogP contribution in [0, 0.1) is 5.92 Å². The maximum absolute atomic E-state index is 12.0. The average Bonchev–Trinajstić information content (AvgIpc) is 2.35. The maximum atomic E-state index is 12.0. The molecule has 0 spiro atoms. The van der Waals surface area contributed by atoms with Crippen LogP contribution in [-0.2, 0) is 0 Å². The van der Waals surface area contributed by atoms with Gasteiger partial charge in [-0.25, -0.2) is 4.98 Å². The number of aromatic nitrogens is 2. The van der Waals surface area contributed by atoms with E-state index in [1.807, 2.05) is 13.8 Å². The van der Waals surface area contributed by atoms with Gasteiger partial charge in [-0.15, -0.1) is 11.6 Å². The molecule has 1 atom stereocenters. The van der Waals surface area contributed by atoms with E-state index >= 15 is 0 Å². The molecule has 0 radical (unpaired) electrons. The Labute approximate surface area is 113 Å². The number of anilines is 1. The van der Waals surface area contributed by atoms with Gasteiger partial charge in [-0.2, -0.15) is 0 Å². The van der Waals surface area contributed by atoms with E-state index < -0.39 is 0 Å². The number of alkyl halides is 1. The molecule has 0 aliphatic rings. The summed E-state index contributed by atoms with van der Waals surface area (Å²) in [6.07, 6.45) is 5.42. The molecular formula is C13H22ClN3O. The molecule has 4 nitrogen and oxygen atoms in total. The highest BCUT2D eigenvalue weighted by atomic mass is 35.5. The van der Waals surface area contributed by atoms with Crippen LogP contribution in [0.5, 0.6) is 0 Å². The third kappa shape index (κ3) is 4.33. The van der Waals surface area contributed by atoms with Crippen molar-refractivity contribution in [3.05, 3.63) is 22.7 Å². The van der Waals surface area contributed by atoms with Crippen LogP contribution in [0.1, 0.15) is 39.7 Å². The lowest BCUT2D eigenvalue weighted by Gasteiger charge is -2.12. The minimum Gasteiger partial charge on any atom is -0.365 e. The molecule has 1 unspecified atom stereocenters. The second kappa shape index (κ2) is 7.41. The third-order valence-electron chi connectivity index (χ3n) is 2.85. The molecule has 0 aliphatic heterocycles. The van der Waals surface area contributed by atoms with Crippen LogP contribution in [0.2, 0.25) is 0 Å². The lowest BCUT2D eigenvalue weighted by molar-refractivity contribution is 0.566. The van der Waals surface area contributed by atoms with Crippen molar-refractivity contribution in [1.82, 2.24) is 9.55 Å². The fourth-order valence-corrected chi connectivity index (χ4v) is 1.84. The molecule has 0 amide bonds. The fraction of sp³-hybridized carbons (Fsp3) is 0.692. The van der Waals surface area contributed by atoms with Crippen LogP contribution in [0.25, 0.3) is 0 Å². The van der Waals surface area contributed by atoms with E-state index in [4.69, 9.17) is 11.6 Å². The number of hydrogen-bond acceptors (Lipinski definition) is 3. The van der Waals surface area contributed by atoms with E-state index in [2.05, 4.69) is 17.2 Å². The Hall–Kier alpha value is -1.03. The van der Waals surface area contributed by atoms with E-state index in [0.29, 0.717) is 17.6 Å². The molecule has 5 heteroatoms. The van der Waals surface area contributed by atoms with Gasteiger partial charge < -0.3 is 9.88 Å². The van der Waals surface area contributed by atoms with Crippen molar-refractivity contribution in [3.8, 4) is 0 Å². The molecule has 1 aromatic rings. The average molecular weight is 272 g/mol. The normalized spacial score (nSPS) is 12.7. The number of hydrogen-bond donors (Lipinski definition) is 1. The van der Waals surface area contributed by atoms with Crippen LogP contribution >= 0.6 is 11.6 Å². The first kappa shape index (κ1) is 15.0. The molecule has 0 saturated heterocycles. The number of nitrogens with one attached hydrogen (secondary N) is 1. The maximum Gasteiger partial charge on any atom is 0.293 e. The number of halogens is 1. The molecule has 0 aromatic carbocycles. The van der Waals surface area contributed by atoms with Gasteiger partial charge in [-0.1, -0.05) is 6.92 Å². The molecule has 0 saturated carbocycles. The molecular weight excluding hydrogens is 250 g/mol. The minimum absolute atomic E-state index is 0.0575. The third-order valence-corrected chi connectivity index (χ3v) is 3.38. The van der Waals surface area contributed by atoms with E-state index in [9.17, 15) is 4.79 Å². The zero-order valence-corrected chi connectivity index (χ0v) is 12.1. The first-order chi connectivity index (χ1) is 8.56. The fourth-order valence-electron chi connectivity index (χ4n) is 1.69. The largest absolute Gasteiger partial charge is 0.365 e. The summed E-state index contributed by atoms with van der Waals surface area (Å²) in [4.78, 5) is 16.1. The molecule has 102 valence electrons. The van der Waals surface area contributed by atoms with E-state index in [0.717, 1.165) is 19.4 Å². The van der Waals surface area contributed by atoms with Gasteiger partial charge in [0.15, 0.2) is 5.82 Å². The summed E-state index contributed by atoms with van der Waals surface area (Å²) in [7, 11) is 0. The quantitative estimate of drug-likeness (QED) is 0.613. The molecule has 18 heavy (non-hydrogen) atoms. The Kier molecular flexibility index (Phi) is 6.19. The van der Waals surface area contributed by atoms with Gasteiger partial charge >= 0.3 is 0 Å². The summed E-state index contributed by atoms with van der Waals surface area (Å²) in [5.41, 5.74) is -0.0575. The Morgan fingerprint density at radius 1 is 1.44 bits per heavy atom. The summed E-state index contributed by atoms with van der Waals surface area (Å²) < 4.78 is 1.68. The second-order valence-corrected chi connectivity index (χ2v) is 5.22. The Morgan fingerprint density at radius 2 is 2.17 bits per heavy atom. The van der Waals surface area contributed by atoms with E-state index in [1.165, 1.54) is 0 Å².